The molecular formula is C15H19BrN2O3. The smallest absolute Gasteiger partial charge is 0.340 e. The summed E-state index contributed by atoms with van der Waals surface area (Å²) in [5, 5.41) is 11.1. The number of hydrogen-bond donors (Lipinski definition) is 2. The summed E-state index contributed by atoms with van der Waals surface area (Å²) in [4.78, 5) is 17.4. The van der Waals surface area contributed by atoms with Gasteiger partial charge < -0.3 is 19.7 Å². The van der Waals surface area contributed by atoms with Crippen LogP contribution in [-0.2, 0) is 11.3 Å². The summed E-state index contributed by atoms with van der Waals surface area (Å²) in [5.41, 5.74) is 2.74. The fourth-order valence-electron chi connectivity index (χ4n) is 2.46. The highest BCUT2D eigenvalue weighted by atomic mass is 79.9. The molecular weight excluding hydrogens is 336 g/mol. The number of carbonyl (C=O) groups excluding carboxylic acids is 1. The second-order valence-corrected chi connectivity index (χ2v) is 6.05. The van der Waals surface area contributed by atoms with E-state index in [-0.39, 0.29) is 11.7 Å². The molecule has 0 aliphatic rings. The number of rotatable bonds is 4. The molecule has 0 aliphatic carbocycles. The zero-order valence-corrected chi connectivity index (χ0v) is 14.2. The molecule has 0 unspecified atom stereocenters. The number of aromatic nitrogens is 1. The molecule has 0 atom stereocenters. The second-order valence-electron chi connectivity index (χ2n) is 5.19. The lowest BCUT2D eigenvalue weighted by atomic mass is 10.0. The SMILES string of the molecule is CCOC(=O)c1c(C)[nH]c2cc(Br)c(O)c(CN(C)C)c12. The Morgan fingerprint density at radius 1 is 1.48 bits per heavy atom. The van der Waals surface area contributed by atoms with Gasteiger partial charge >= 0.3 is 5.97 Å². The van der Waals surface area contributed by atoms with Gasteiger partial charge in [-0.2, -0.15) is 0 Å². The molecule has 114 valence electrons. The van der Waals surface area contributed by atoms with Crippen LogP contribution in [0.3, 0.4) is 0 Å². The van der Waals surface area contributed by atoms with Gasteiger partial charge in [-0.3, -0.25) is 0 Å². The van der Waals surface area contributed by atoms with Crippen molar-refractivity contribution in [2.24, 2.45) is 0 Å². The summed E-state index contributed by atoms with van der Waals surface area (Å²) in [6.45, 7) is 4.44. The highest BCUT2D eigenvalue weighted by molar-refractivity contribution is 9.10. The van der Waals surface area contributed by atoms with Crippen LogP contribution in [0.5, 0.6) is 5.75 Å². The van der Waals surface area contributed by atoms with E-state index in [1.54, 1.807) is 13.0 Å². The van der Waals surface area contributed by atoms with Crippen molar-refractivity contribution in [2.45, 2.75) is 20.4 Å². The first-order valence-corrected chi connectivity index (χ1v) is 7.50. The number of hydrogen-bond acceptors (Lipinski definition) is 4. The van der Waals surface area contributed by atoms with E-state index in [4.69, 9.17) is 4.74 Å². The minimum atomic E-state index is -0.372. The maximum atomic E-state index is 12.2. The molecule has 2 rings (SSSR count). The van der Waals surface area contributed by atoms with Crippen molar-refractivity contribution in [3.8, 4) is 5.75 Å². The van der Waals surface area contributed by atoms with Crippen LogP contribution in [0, 0.1) is 6.92 Å². The number of phenolic OH excluding ortho intramolecular Hbond substituents is 1. The van der Waals surface area contributed by atoms with Crippen LogP contribution < -0.4 is 0 Å². The van der Waals surface area contributed by atoms with Crippen molar-refractivity contribution in [3.05, 3.63) is 27.4 Å². The molecule has 1 aromatic carbocycles. The molecule has 21 heavy (non-hydrogen) atoms. The van der Waals surface area contributed by atoms with Crippen LogP contribution in [0.15, 0.2) is 10.5 Å². The van der Waals surface area contributed by atoms with Gasteiger partial charge in [-0.15, -0.1) is 0 Å². The first-order valence-electron chi connectivity index (χ1n) is 6.71. The molecule has 2 N–H and O–H groups in total. The van der Waals surface area contributed by atoms with Crippen LogP contribution in [-0.4, -0.2) is 41.7 Å². The summed E-state index contributed by atoms with van der Waals surface area (Å²) < 4.78 is 5.74. The third kappa shape index (κ3) is 2.91. The molecule has 0 radical (unpaired) electrons. The molecule has 2 aromatic rings. The number of aromatic hydroxyl groups is 1. The van der Waals surface area contributed by atoms with E-state index in [1.807, 2.05) is 25.9 Å². The monoisotopic (exact) mass is 354 g/mol. The third-order valence-corrected chi connectivity index (χ3v) is 3.86. The number of carbonyl (C=O) groups is 1. The Kier molecular flexibility index (Phi) is 4.58. The Balaban J connectivity index is 2.77. The van der Waals surface area contributed by atoms with E-state index < -0.39 is 0 Å². The average molecular weight is 355 g/mol. The number of halogens is 1. The second kappa shape index (κ2) is 6.07. The van der Waals surface area contributed by atoms with Gasteiger partial charge in [0.05, 0.1) is 16.6 Å². The van der Waals surface area contributed by atoms with Gasteiger partial charge in [-0.05, 0) is 49.9 Å². The fraction of sp³-hybridized carbons (Fsp3) is 0.400. The largest absolute Gasteiger partial charge is 0.506 e. The number of benzene rings is 1. The van der Waals surface area contributed by atoms with Crippen molar-refractivity contribution in [1.29, 1.82) is 0 Å². The van der Waals surface area contributed by atoms with Crippen molar-refractivity contribution < 1.29 is 14.6 Å². The summed E-state index contributed by atoms with van der Waals surface area (Å²) in [6, 6.07) is 1.78. The standard InChI is InChI=1S/C15H19BrN2O3/c1-5-21-15(20)12-8(2)17-11-6-10(16)14(19)9(13(11)12)7-18(3)4/h6,17,19H,5,7H2,1-4H3. The molecule has 0 amide bonds. The molecule has 6 heteroatoms. The molecule has 0 spiro atoms. The van der Waals surface area contributed by atoms with Crippen molar-refractivity contribution in [2.75, 3.05) is 20.7 Å². The molecule has 0 saturated heterocycles. The lowest BCUT2D eigenvalue weighted by Crippen LogP contribution is -2.12. The third-order valence-electron chi connectivity index (χ3n) is 3.26. The van der Waals surface area contributed by atoms with Gasteiger partial charge in [0.25, 0.3) is 0 Å². The number of esters is 1. The average Bonchev–Trinajstić information content (AvgIpc) is 2.70. The normalized spacial score (nSPS) is 11.3. The summed E-state index contributed by atoms with van der Waals surface area (Å²) in [7, 11) is 3.82. The van der Waals surface area contributed by atoms with Crippen molar-refractivity contribution >= 4 is 32.8 Å². The maximum Gasteiger partial charge on any atom is 0.340 e. The number of ether oxygens (including phenoxy) is 1. The highest BCUT2D eigenvalue weighted by Crippen LogP contribution is 2.38. The van der Waals surface area contributed by atoms with Crippen LogP contribution >= 0.6 is 15.9 Å². The molecule has 5 nitrogen and oxygen atoms in total. The highest BCUT2D eigenvalue weighted by Gasteiger charge is 2.23. The van der Waals surface area contributed by atoms with Crippen LogP contribution in [0.4, 0.5) is 0 Å². The lowest BCUT2D eigenvalue weighted by Gasteiger charge is -2.14. The van der Waals surface area contributed by atoms with Gasteiger partial charge in [-0.1, -0.05) is 0 Å². The van der Waals surface area contributed by atoms with E-state index >= 15 is 0 Å². The Labute approximate surface area is 132 Å². The lowest BCUT2D eigenvalue weighted by molar-refractivity contribution is 0.0528. The topological polar surface area (TPSA) is 65.6 Å². The number of fused-ring (bicyclic) bond motifs is 1. The number of nitrogens with one attached hydrogen (secondary N) is 1. The zero-order valence-electron chi connectivity index (χ0n) is 12.6. The minimum Gasteiger partial charge on any atom is -0.506 e. The van der Waals surface area contributed by atoms with Crippen molar-refractivity contribution in [3.63, 3.8) is 0 Å². The number of phenols is 1. The number of H-pyrrole nitrogens is 1. The fourth-order valence-corrected chi connectivity index (χ4v) is 2.93. The predicted molar refractivity (Wildman–Crippen MR) is 85.7 cm³/mol. The van der Waals surface area contributed by atoms with E-state index in [0.29, 0.717) is 28.8 Å². The van der Waals surface area contributed by atoms with Gasteiger partial charge in [0.2, 0.25) is 0 Å². The quantitative estimate of drug-likeness (QED) is 0.827. The summed E-state index contributed by atoms with van der Waals surface area (Å²) >= 11 is 3.35. The van der Waals surface area contributed by atoms with Gasteiger partial charge in [0, 0.05) is 28.7 Å². The van der Waals surface area contributed by atoms with Crippen LogP contribution in [0.1, 0.15) is 28.5 Å². The molecule has 0 aliphatic heterocycles. The number of nitrogens with zero attached hydrogens (tertiary/aromatic N) is 1. The summed E-state index contributed by atoms with van der Waals surface area (Å²) in [6.07, 6.45) is 0. The molecule has 1 heterocycles. The first-order chi connectivity index (χ1) is 9.86. The van der Waals surface area contributed by atoms with E-state index in [1.165, 1.54) is 0 Å². The Morgan fingerprint density at radius 2 is 2.14 bits per heavy atom. The van der Waals surface area contributed by atoms with Gasteiger partial charge in [0.15, 0.2) is 0 Å². The molecule has 1 aromatic heterocycles. The maximum absolute atomic E-state index is 12.2. The molecule has 0 fully saturated rings. The molecule has 0 saturated carbocycles. The number of aryl methyl sites for hydroxylation is 1. The van der Waals surface area contributed by atoms with E-state index in [2.05, 4.69) is 20.9 Å². The molecule has 0 bridgehead atoms. The first kappa shape index (κ1) is 15.9. The van der Waals surface area contributed by atoms with Crippen LogP contribution in [0.2, 0.25) is 0 Å². The predicted octanol–water partition coefficient (Wildman–Crippen LogP) is 3.18. The van der Waals surface area contributed by atoms with Gasteiger partial charge in [0.1, 0.15) is 5.75 Å². The Bertz CT molecular complexity index is 692. The minimum absolute atomic E-state index is 0.153. The Hall–Kier alpha value is -1.53. The zero-order chi connectivity index (χ0) is 15.7. The Morgan fingerprint density at radius 3 is 2.71 bits per heavy atom. The van der Waals surface area contributed by atoms with E-state index in [9.17, 15) is 9.90 Å². The van der Waals surface area contributed by atoms with Crippen molar-refractivity contribution in [1.82, 2.24) is 9.88 Å². The van der Waals surface area contributed by atoms with E-state index in [0.717, 1.165) is 16.6 Å². The number of aromatic amines is 1. The summed E-state index contributed by atoms with van der Waals surface area (Å²) in [5.74, 6) is -0.219. The van der Waals surface area contributed by atoms with Crippen LogP contribution in [0.25, 0.3) is 10.9 Å². The van der Waals surface area contributed by atoms with Gasteiger partial charge in [-0.25, -0.2) is 4.79 Å².